The molecular formula is C35H37F2N3O5S. The van der Waals surface area contributed by atoms with Crippen molar-refractivity contribution in [1.82, 2.24) is 9.62 Å². The van der Waals surface area contributed by atoms with Crippen LogP contribution in [0, 0.1) is 0 Å². The number of piperidine rings is 1. The van der Waals surface area contributed by atoms with Gasteiger partial charge in [-0.25, -0.2) is 8.42 Å². The number of nitrogens with one attached hydrogen (secondary N) is 1. The molecule has 11 heteroatoms. The van der Waals surface area contributed by atoms with E-state index in [0.717, 1.165) is 43.2 Å². The molecule has 1 heterocycles. The highest BCUT2D eigenvalue weighted by Gasteiger charge is 2.50. The molecule has 1 saturated carbocycles. The summed E-state index contributed by atoms with van der Waals surface area (Å²) in [5, 5.41) is 1.33. The Labute approximate surface area is 267 Å². The lowest BCUT2D eigenvalue weighted by Crippen LogP contribution is -2.57. The fraction of sp³-hybridized carbons (Fsp3) is 0.343. The number of benzene rings is 4. The molecule has 4 aromatic carbocycles. The number of sulfonamides is 1. The Morgan fingerprint density at radius 1 is 0.826 bits per heavy atom. The second kappa shape index (κ2) is 13.4. The van der Waals surface area contributed by atoms with Crippen molar-refractivity contribution in [3.63, 3.8) is 0 Å². The number of ether oxygens (including phenoxy) is 2. The molecule has 1 amide bonds. The van der Waals surface area contributed by atoms with Crippen molar-refractivity contribution in [2.75, 3.05) is 13.1 Å². The van der Waals surface area contributed by atoms with E-state index in [0.29, 0.717) is 29.7 Å². The summed E-state index contributed by atoms with van der Waals surface area (Å²) < 4.78 is 74.3. The number of hydrogen-bond acceptors (Lipinski definition) is 6. The van der Waals surface area contributed by atoms with Crippen LogP contribution < -0.4 is 19.9 Å². The van der Waals surface area contributed by atoms with Gasteiger partial charge in [-0.2, -0.15) is 13.5 Å². The maximum Gasteiger partial charge on any atom is 0.298 e. The van der Waals surface area contributed by atoms with Crippen molar-refractivity contribution in [3.05, 3.63) is 96.6 Å². The maximum atomic E-state index is 16.5. The molecule has 4 aromatic rings. The van der Waals surface area contributed by atoms with Crippen molar-refractivity contribution in [3.8, 4) is 17.2 Å². The van der Waals surface area contributed by atoms with E-state index in [1.807, 2.05) is 6.07 Å². The SMILES string of the molecule is NC1CCN(C(=O)[C@@H](NS(=O)(=O)c2ccc3cc(OC4CCCC4)ccc3c2)C(F)(F)c2cccc(Oc3ccccc3)c2)CC1. The van der Waals surface area contributed by atoms with E-state index >= 15 is 8.78 Å². The number of nitrogens with two attached hydrogens (primary N) is 1. The number of carbonyl (C=O) groups is 1. The van der Waals surface area contributed by atoms with Crippen molar-refractivity contribution < 1.29 is 31.5 Å². The highest BCUT2D eigenvalue weighted by atomic mass is 32.2. The molecule has 0 unspecified atom stereocenters. The molecule has 0 aromatic heterocycles. The molecule has 2 aliphatic rings. The largest absolute Gasteiger partial charge is 0.490 e. The van der Waals surface area contributed by atoms with Crippen LogP contribution in [0.3, 0.4) is 0 Å². The molecule has 2 fully saturated rings. The molecule has 0 bridgehead atoms. The Bertz CT molecular complexity index is 1790. The third-order valence-corrected chi connectivity index (χ3v) is 10.1. The minimum atomic E-state index is -4.59. The van der Waals surface area contributed by atoms with Crippen molar-refractivity contribution in [2.24, 2.45) is 5.73 Å². The lowest BCUT2D eigenvalue weighted by atomic mass is 9.98. The zero-order valence-electron chi connectivity index (χ0n) is 25.3. The standard InChI is InChI=1S/C35H37F2N3O5S/c36-35(37,26-7-6-12-30(23-26)44-28-8-2-1-3-9-28)33(34(41)40-19-17-27(38)18-20-40)39-46(42,43)32-16-14-24-21-31(15-13-25(24)22-32)45-29-10-4-5-11-29/h1-3,6-9,12-16,21-23,27,29,33,39H,4-5,10-11,17-20,38H2/t33-/m1/s1. The molecule has 242 valence electrons. The number of carbonyl (C=O) groups excluding carboxylic acids is 1. The van der Waals surface area contributed by atoms with Gasteiger partial charge >= 0.3 is 0 Å². The van der Waals surface area contributed by atoms with Crippen LogP contribution >= 0.6 is 0 Å². The van der Waals surface area contributed by atoms with Gasteiger partial charge in [0.15, 0.2) is 6.04 Å². The van der Waals surface area contributed by atoms with Gasteiger partial charge in [-0.05, 0) is 97.8 Å². The van der Waals surface area contributed by atoms with E-state index in [1.165, 1.54) is 29.2 Å². The normalized spacial score (nSPS) is 17.2. The summed E-state index contributed by atoms with van der Waals surface area (Å²) in [7, 11) is -4.59. The Morgan fingerprint density at radius 2 is 1.50 bits per heavy atom. The lowest BCUT2D eigenvalue weighted by Gasteiger charge is -2.35. The Hall–Kier alpha value is -4.06. The van der Waals surface area contributed by atoms with Crippen molar-refractivity contribution >= 4 is 26.7 Å². The summed E-state index contributed by atoms with van der Waals surface area (Å²) in [6.07, 6.45) is 5.28. The highest BCUT2D eigenvalue weighted by Crippen LogP contribution is 2.37. The Kier molecular flexibility index (Phi) is 9.26. The number of rotatable bonds is 10. The minimum Gasteiger partial charge on any atom is -0.490 e. The monoisotopic (exact) mass is 649 g/mol. The summed E-state index contributed by atoms with van der Waals surface area (Å²) in [5.41, 5.74) is 5.42. The first-order chi connectivity index (χ1) is 22.1. The second-order valence-electron chi connectivity index (χ2n) is 12.0. The van der Waals surface area contributed by atoms with Crippen LogP contribution in [-0.4, -0.2) is 50.5 Å². The van der Waals surface area contributed by atoms with Crippen LogP contribution in [0.4, 0.5) is 8.78 Å². The average Bonchev–Trinajstić information content (AvgIpc) is 3.57. The summed E-state index contributed by atoms with van der Waals surface area (Å²) in [6, 6.07) is 21.0. The molecule has 1 aliphatic carbocycles. The number of para-hydroxylation sites is 1. The maximum absolute atomic E-state index is 16.5. The first kappa shape index (κ1) is 31.9. The molecule has 8 nitrogen and oxygen atoms in total. The van der Waals surface area contributed by atoms with Crippen LogP contribution in [0.5, 0.6) is 17.2 Å². The zero-order chi connectivity index (χ0) is 32.3. The van der Waals surface area contributed by atoms with Crippen LogP contribution in [-0.2, 0) is 20.7 Å². The molecule has 0 spiro atoms. The Morgan fingerprint density at radius 3 is 2.24 bits per heavy atom. The number of hydrogen-bond donors (Lipinski definition) is 2. The van der Waals surface area contributed by atoms with E-state index in [9.17, 15) is 13.2 Å². The van der Waals surface area contributed by atoms with E-state index < -0.39 is 33.5 Å². The lowest BCUT2D eigenvalue weighted by molar-refractivity contribution is -0.145. The van der Waals surface area contributed by atoms with E-state index in [1.54, 1.807) is 48.5 Å². The summed E-state index contributed by atoms with van der Waals surface area (Å²) >= 11 is 0. The van der Waals surface area contributed by atoms with Gasteiger partial charge in [0.25, 0.3) is 5.92 Å². The smallest absolute Gasteiger partial charge is 0.298 e. The summed E-state index contributed by atoms with van der Waals surface area (Å²) in [6.45, 7) is 0.291. The van der Waals surface area contributed by atoms with Gasteiger partial charge in [0.2, 0.25) is 15.9 Å². The quantitative estimate of drug-likeness (QED) is 0.207. The van der Waals surface area contributed by atoms with Crippen LogP contribution in [0.2, 0.25) is 0 Å². The predicted octanol–water partition coefficient (Wildman–Crippen LogP) is 6.34. The van der Waals surface area contributed by atoms with Gasteiger partial charge in [0, 0.05) is 24.7 Å². The number of amides is 1. The third kappa shape index (κ3) is 7.16. The fourth-order valence-electron chi connectivity index (χ4n) is 6.00. The molecule has 1 aliphatic heterocycles. The molecule has 1 saturated heterocycles. The van der Waals surface area contributed by atoms with Crippen molar-refractivity contribution in [1.29, 1.82) is 0 Å². The van der Waals surface area contributed by atoms with Crippen LogP contribution in [0.15, 0.2) is 95.9 Å². The number of fused-ring (bicyclic) bond motifs is 1. The first-order valence-electron chi connectivity index (χ1n) is 15.6. The number of nitrogens with zero attached hydrogens (tertiary/aromatic N) is 1. The minimum absolute atomic E-state index is 0.118. The zero-order valence-corrected chi connectivity index (χ0v) is 26.1. The van der Waals surface area contributed by atoms with Crippen LogP contribution in [0.25, 0.3) is 10.8 Å². The second-order valence-corrected chi connectivity index (χ2v) is 13.7. The van der Waals surface area contributed by atoms with Gasteiger partial charge in [0.05, 0.1) is 11.0 Å². The van der Waals surface area contributed by atoms with E-state index in [4.69, 9.17) is 15.2 Å². The molecule has 3 N–H and O–H groups in total. The number of halogens is 2. The average molecular weight is 650 g/mol. The first-order valence-corrected chi connectivity index (χ1v) is 17.1. The van der Waals surface area contributed by atoms with Crippen molar-refractivity contribution in [2.45, 2.75) is 67.5 Å². The molecule has 1 atom stereocenters. The predicted molar refractivity (Wildman–Crippen MR) is 172 cm³/mol. The third-order valence-electron chi connectivity index (χ3n) is 8.63. The molecule has 6 rings (SSSR count). The van der Waals surface area contributed by atoms with E-state index in [2.05, 4.69) is 4.72 Å². The molecular weight excluding hydrogens is 612 g/mol. The van der Waals surface area contributed by atoms with Gasteiger partial charge in [-0.15, -0.1) is 0 Å². The fourth-order valence-corrected chi connectivity index (χ4v) is 7.23. The molecule has 46 heavy (non-hydrogen) atoms. The van der Waals surface area contributed by atoms with E-state index in [-0.39, 0.29) is 35.9 Å². The van der Waals surface area contributed by atoms with Crippen LogP contribution in [0.1, 0.15) is 44.1 Å². The topological polar surface area (TPSA) is 111 Å². The van der Waals surface area contributed by atoms with Gasteiger partial charge in [-0.1, -0.05) is 42.5 Å². The Balaban J connectivity index is 1.29. The summed E-state index contributed by atoms with van der Waals surface area (Å²) in [5.74, 6) is -3.72. The summed E-state index contributed by atoms with van der Waals surface area (Å²) in [4.78, 5) is 14.7. The molecule has 0 radical (unpaired) electrons. The van der Waals surface area contributed by atoms with Gasteiger partial charge in [-0.3, -0.25) is 4.79 Å². The highest BCUT2D eigenvalue weighted by molar-refractivity contribution is 7.89. The number of alkyl halides is 2. The number of likely N-dealkylation sites (tertiary alicyclic amines) is 1. The van der Waals surface area contributed by atoms with Gasteiger partial charge < -0.3 is 20.1 Å². The van der Waals surface area contributed by atoms with Gasteiger partial charge in [0.1, 0.15) is 17.2 Å².